The summed E-state index contributed by atoms with van der Waals surface area (Å²) in [5.74, 6) is 0.623. The molecule has 0 aromatic heterocycles. The van der Waals surface area contributed by atoms with E-state index in [0.29, 0.717) is 19.6 Å². The molecule has 0 bridgehead atoms. The van der Waals surface area contributed by atoms with Crippen LogP contribution >= 0.6 is 15.9 Å². The highest BCUT2D eigenvalue weighted by molar-refractivity contribution is 9.10. The molecular weight excluding hydrogens is 322 g/mol. The lowest BCUT2D eigenvalue weighted by Gasteiger charge is -2.11. The van der Waals surface area contributed by atoms with Crippen molar-refractivity contribution in [3.05, 3.63) is 28.2 Å². The first-order valence-electron chi connectivity index (χ1n) is 6.86. The number of nitrogens with one attached hydrogen (secondary N) is 1. The maximum Gasteiger partial charge on any atom is 0.223 e. The molecule has 2 N–H and O–H groups in total. The van der Waals surface area contributed by atoms with E-state index in [1.54, 1.807) is 0 Å². The van der Waals surface area contributed by atoms with Gasteiger partial charge in [0.15, 0.2) is 0 Å². The number of ether oxygens (including phenoxy) is 1. The van der Waals surface area contributed by atoms with Crippen LogP contribution in [0.3, 0.4) is 0 Å². The van der Waals surface area contributed by atoms with Gasteiger partial charge in [0.2, 0.25) is 5.91 Å². The maximum absolute atomic E-state index is 11.6. The van der Waals surface area contributed by atoms with Gasteiger partial charge < -0.3 is 15.2 Å². The van der Waals surface area contributed by atoms with Gasteiger partial charge in [-0.1, -0.05) is 19.4 Å². The molecule has 5 heteroatoms. The summed E-state index contributed by atoms with van der Waals surface area (Å²) < 4.78 is 6.43. The van der Waals surface area contributed by atoms with Crippen LogP contribution in [0.25, 0.3) is 0 Å². The summed E-state index contributed by atoms with van der Waals surface area (Å²) in [7, 11) is 0. The minimum atomic E-state index is -0.462. The van der Waals surface area contributed by atoms with Crippen molar-refractivity contribution in [1.82, 2.24) is 5.32 Å². The topological polar surface area (TPSA) is 58.6 Å². The lowest BCUT2D eigenvalue weighted by molar-refractivity contribution is -0.122. The first-order chi connectivity index (χ1) is 9.52. The predicted molar refractivity (Wildman–Crippen MR) is 82.9 cm³/mol. The Balaban J connectivity index is 2.24. The third kappa shape index (κ3) is 6.39. The molecule has 1 aromatic rings. The lowest BCUT2D eigenvalue weighted by atomic mass is 10.2. The molecule has 1 aromatic carbocycles. The Bertz CT molecular complexity index is 437. The van der Waals surface area contributed by atoms with E-state index in [0.717, 1.165) is 22.2 Å². The van der Waals surface area contributed by atoms with Crippen LogP contribution in [0.5, 0.6) is 5.75 Å². The number of carbonyl (C=O) groups is 1. The van der Waals surface area contributed by atoms with Gasteiger partial charge in [-0.25, -0.2) is 0 Å². The zero-order chi connectivity index (χ0) is 15.0. The van der Waals surface area contributed by atoms with Gasteiger partial charge in [-0.2, -0.15) is 0 Å². The standard InChI is InChI=1S/C15H22BrNO3/c1-3-4-12(18)10-17-15(19)7-8-20-14-6-5-11(2)9-13(14)16/h5-6,9,12,18H,3-4,7-8,10H2,1-2H3,(H,17,19). The van der Waals surface area contributed by atoms with Crippen molar-refractivity contribution in [2.24, 2.45) is 0 Å². The summed E-state index contributed by atoms with van der Waals surface area (Å²) in [6, 6.07) is 5.81. The fourth-order valence-corrected chi connectivity index (χ4v) is 2.34. The van der Waals surface area contributed by atoms with Gasteiger partial charge in [0, 0.05) is 6.54 Å². The number of aryl methyl sites for hydroxylation is 1. The first-order valence-corrected chi connectivity index (χ1v) is 7.66. The molecule has 1 unspecified atom stereocenters. The molecule has 0 aliphatic carbocycles. The van der Waals surface area contributed by atoms with E-state index in [-0.39, 0.29) is 12.3 Å². The number of benzene rings is 1. The van der Waals surface area contributed by atoms with E-state index in [4.69, 9.17) is 4.74 Å². The largest absolute Gasteiger partial charge is 0.492 e. The van der Waals surface area contributed by atoms with Gasteiger partial charge in [-0.05, 0) is 47.0 Å². The molecule has 1 atom stereocenters. The van der Waals surface area contributed by atoms with Crippen LogP contribution in [0, 0.1) is 6.92 Å². The van der Waals surface area contributed by atoms with E-state index in [1.807, 2.05) is 32.0 Å². The van der Waals surface area contributed by atoms with Crippen molar-refractivity contribution in [2.45, 2.75) is 39.2 Å². The number of amides is 1. The minimum absolute atomic E-state index is 0.108. The number of carbonyl (C=O) groups excluding carboxylic acids is 1. The quantitative estimate of drug-likeness (QED) is 0.762. The fourth-order valence-electron chi connectivity index (χ4n) is 1.73. The summed E-state index contributed by atoms with van der Waals surface area (Å²) in [6.07, 6.45) is 1.42. The second kappa shape index (κ2) is 8.97. The normalized spacial score (nSPS) is 12.0. The van der Waals surface area contributed by atoms with Crippen LogP contribution < -0.4 is 10.1 Å². The van der Waals surface area contributed by atoms with Crippen LogP contribution in [0.4, 0.5) is 0 Å². The van der Waals surface area contributed by atoms with Crippen molar-refractivity contribution in [2.75, 3.05) is 13.2 Å². The van der Waals surface area contributed by atoms with E-state index in [2.05, 4.69) is 21.2 Å². The molecule has 0 heterocycles. The summed E-state index contributed by atoms with van der Waals surface area (Å²) in [6.45, 7) is 4.63. The molecule has 1 rings (SSSR count). The second-order valence-corrected chi connectivity index (χ2v) is 5.63. The van der Waals surface area contributed by atoms with Crippen molar-refractivity contribution < 1.29 is 14.6 Å². The average molecular weight is 344 g/mol. The monoisotopic (exact) mass is 343 g/mol. The van der Waals surface area contributed by atoms with Crippen LogP contribution in [0.1, 0.15) is 31.7 Å². The minimum Gasteiger partial charge on any atom is -0.492 e. The summed E-state index contributed by atoms with van der Waals surface area (Å²) in [4.78, 5) is 11.6. The molecule has 112 valence electrons. The van der Waals surface area contributed by atoms with E-state index >= 15 is 0 Å². The number of halogens is 1. The lowest BCUT2D eigenvalue weighted by Crippen LogP contribution is -2.32. The Morgan fingerprint density at radius 1 is 1.50 bits per heavy atom. The van der Waals surface area contributed by atoms with E-state index in [9.17, 15) is 9.90 Å². The predicted octanol–water partition coefficient (Wildman–Crippen LogP) is 2.80. The SMILES string of the molecule is CCCC(O)CNC(=O)CCOc1ccc(C)cc1Br. The zero-order valence-corrected chi connectivity index (χ0v) is 13.6. The summed E-state index contributed by atoms with van der Waals surface area (Å²) in [5, 5.41) is 12.2. The Kier molecular flexibility index (Phi) is 7.62. The molecule has 0 radical (unpaired) electrons. The van der Waals surface area contributed by atoms with Crippen LogP contribution in [-0.2, 0) is 4.79 Å². The molecule has 0 aliphatic heterocycles. The van der Waals surface area contributed by atoms with E-state index in [1.165, 1.54) is 0 Å². The smallest absolute Gasteiger partial charge is 0.223 e. The van der Waals surface area contributed by atoms with Gasteiger partial charge in [0.05, 0.1) is 23.6 Å². The average Bonchev–Trinajstić information content (AvgIpc) is 2.39. The number of hydrogen-bond donors (Lipinski definition) is 2. The third-order valence-corrected chi connectivity index (χ3v) is 3.45. The Hall–Kier alpha value is -1.07. The van der Waals surface area contributed by atoms with Crippen LogP contribution in [-0.4, -0.2) is 30.3 Å². The van der Waals surface area contributed by atoms with Gasteiger partial charge >= 0.3 is 0 Å². The highest BCUT2D eigenvalue weighted by Crippen LogP contribution is 2.25. The third-order valence-electron chi connectivity index (χ3n) is 2.83. The number of hydrogen-bond acceptors (Lipinski definition) is 3. The number of aliphatic hydroxyl groups is 1. The highest BCUT2D eigenvalue weighted by Gasteiger charge is 2.07. The van der Waals surface area contributed by atoms with Crippen molar-refractivity contribution in [1.29, 1.82) is 0 Å². The van der Waals surface area contributed by atoms with Gasteiger partial charge in [0.1, 0.15) is 5.75 Å². The van der Waals surface area contributed by atoms with Gasteiger partial charge in [-0.3, -0.25) is 4.79 Å². The highest BCUT2D eigenvalue weighted by atomic mass is 79.9. The van der Waals surface area contributed by atoms with E-state index < -0.39 is 6.10 Å². The van der Waals surface area contributed by atoms with Crippen LogP contribution in [0.2, 0.25) is 0 Å². The van der Waals surface area contributed by atoms with Crippen molar-refractivity contribution >= 4 is 21.8 Å². The summed E-state index contributed by atoms with van der Waals surface area (Å²) in [5.41, 5.74) is 1.15. The zero-order valence-electron chi connectivity index (χ0n) is 12.0. The molecule has 1 amide bonds. The molecule has 4 nitrogen and oxygen atoms in total. The molecule has 0 spiro atoms. The van der Waals surface area contributed by atoms with Gasteiger partial charge in [0.25, 0.3) is 0 Å². The molecule has 0 saturated carbocycles. The van der Waals surface area contributed by atoms with Crippen molar-refractivity contribution in [3.8, 4) is 5.75 Å². The summed E-state index contributed by atoms with van der Waals surface area (Å²) >= 11 is 3.42. The number of aliphatic hydroxyl groups excluding tert-OH is 1. The fraction of sp³-hybridized carbons (Fsp3) is 0.533. The van der Waals surface area contributed by atoms with Crippen LogP contribution in [0.15, 0.2) is 22.7 Å². The molecule has 20 heavy (non-hydrogen) atoms. The molecule has 0 fully saturated rings. The molecule has 0 aliphatic rings. The second-order valence-electron chi connectivity index (χ2n) is 4.78. The first kappa shape index (κ1) is 17.0. The van der Waals surface area contributed by atoms with Gasteiger partial charge in [-0.15, -0.1) is 0 Å². The Morgan fingerprint density at radius 3 is 2.90 bits per heavy atom. The number of rotatable bonds is 8. The Labute approximate surface area is 128 Å². The van der Waals surface area contributed by atoms with Crippen molar-refractivity contribution in [3.63, 3.8) is 0 Å². The Morgan fingerprint density at radius 2 is 2.25 bits per heavy atom. The molecular formula is C15H22BrNO3. The molecule has 0 saturated heterocycles. The maximum atomic E-state index is 11.6.